The number of para-hydroxylation sites is 1. The van der Waals surface area contributed by atoms with Crippen LogP contribution in [-0.4, -0.2) is 41.2 Å². The molecule has 112 valence electrons. The number of aliphatic hydroxyl groups is 1. The highest BCUT2D eigenvalue weighted by Gasteiger charge is 2.22. The number of aliphatic hydroxyl groups excluding tert-OH is 1. The van der Waals surface area contributed by atoms with Crippen molar-refractivity contribution in [2.75, 3.05) is 13.7 Å². The van der Waals surface area contributed by atoms with E-state index in [4.69, 9.17) is 0 Å². The molecular formula is C15H19N3O3. The Morgan fingerprint density at radius 2 is 2.05 bits per heavy atom. The van der Waals surface area contributed by atoms with Crippen molar-refractivity contribution in [2.45, 2.75) is 19.5 Å². The second-order valence-electron chi connectivity index (χ2n) is 4.66. The third-order valence-corrected chi connectivity index (χ3v) is 3.41. The number of aryl methyl sites for hydroxylation is 1. The number of aromatic nitrogens is 1. The van der Waals surface area contributed by atoms with Crippen molar-refractivity contribution in [3.05, 3.63) is 36.0 Å². The molecule has 0 spiro atoms. The third-order valence-electron chi connectivity index (χ3n) is 3.41. The van der Waals surface area contributed by atoms with Crippen molar-refractivity contribution in [1.82, 2.24) is 15.2 Å². The van der Waals surface area contributed by atoms with Crippen molar-refractivity contribution in [3.63, 3.8) is 0 Å². The molecule has 0 saturated carbocycles. The first-order valence-corrected chi connectivity index (χ1v) is 6.84. The van der Waals surface area contributed by atoms with Crippen molar-refractivity contribution in [2.24, 2.45) is 0 Å². The zero-order valence-corrected chi connectivity index (χ0v) is 12.1. The Morgan fingerprint density at radius 3 is 2.67 bits per heavy atom. The number of carbonyl (C=O) groups excluding carboxylic acids is 2. The lowest BCUT2D eigenvalue weighted by molar-refractivity contribution is -0.123. The molecule has 1 atom stereocenters. The molecule has 0 aliphatic carbocycles. The minimum atomic E-state index is -0.953. The summed E-state index contributed by atoms with van der Waals surface area (Å²) in [6, 6.07) is 8.53. The molecule has 0 radical (unpaired) electrons. The molecule has 21 heavy (non-hydrogen) atoms. The zero-order valence-electron chi connectivity index (χ0n) is 12.1. The number of carbonyl (C=O) groups is 2. The van der Waals surface area contributed by atoms with Crippen LogP contribution in [0.15, 0.2) is 30.3 Å². The van der Waals surface area contributed by atoms with Crippen LogP contribution >= 0.6 is 0 Å². The van der Waals surface area contributed by atoms with Crippen molar-refractivity contribution in [1.29, 1.82) is 0 Å². The summed E-state index contributed by atoms with van der Waals surface area (Å²) in [5.74, 6) is -0.805. The monoisotopic (exact) mass is 289 g/mol. The molecule has 0 saturated heterocycles. The predicted octanol–water partition coefficient (Wildman–Crippen LogP) is 0.498. The van der Waals surface area contributed by atoms with Gasteiger partial charge in [-0.05, 0) is 19.1 Å². The number of nitrogens with one attached hydrogen (secondary N) is 2. The van der Waals surface area contributed by atoms with E-state index in [0.29, 0.717) is 12.2 Å². The Labute approximate surface area is 122 Å². The number of likely N-dealkylation sites (N-methyl/N-ethyl adjacent to an activating group) is 1. The maximum absolute atomic E-state index is 12.4. The highest BCUT2D eigenvalue weighted by molar-refractivity contribution is 6.00. The van der Waals surface area contributed by atoms with E-state index in [2.05, 4.69) is 10.6 Å². The number of benzene rings is 1. The first kappa shape index (κ1) is 15.1. The summed E-state index contributed by atoms with van der Waals surface area (Å²) >= 11 is 0. The fourth-order valence-electron chi connectivity index (χ4n) is 2.34. The van der Waals surface area contributed by atoms with Gasteiger partial charge < -0.3 is 20.3 Å². The molecule has 2 rings (SSSR count). The summed E-state index contributed by atoms with van der Waals surface area (Å²) in [4.78, 5) is 23.9. The maximum atomic E-state index is 12.4. The molecule has 1 heterocycles. The third kappa shape index (κ3) is 2.90. The Morgan fingerprint density at radius 1 is 1.33 bits per heavy atom. The van der Waals surface area contributed by atoms with E-state index in [1.165, 1.54) is 7.05 Å². The standard InChI is InChI=1S/C15H19N3O3/c1-3-18-12-7-5-4-6-10(12)8-13(18)15(21)17-11(9-19)14(20)16-2/h4-8,11,19H,3,9H2,1-2H3,(H,16,20)(H,17,21)/t11-/m0/s1. The van der Waals surface area contributed by atoms with Crippen molar-refractivity contribution >= 4 is 22.7 Å². The fourth-order valence-corrected chi connectivity index (χ4v) is 2.34. The Balaban J connectivity index is 2.33. The van der Waals surface area contributed by atoms with Crippen LogP contribution < -0.4 is 10.6 Å². The topological polar surface area (TPSA) is 83.4 Å². The van der Waals surface area contributed by atoms with Crippen LogP contribution in [0.2, 0.25) is 0 Å². The van der Waals surface area contributed by atoms with E-state index < -0.39 is 18.6 Å². The van der Waals surface area contributed by atoms with Gasteiger partial charge in [0.05, 0.1) is 6.61 Å². The number of nitrogens with zero attached hydrogens (tertiary/aromatic N) is 1. The van der Waals surface area contributed by atoms with Gasteiger partial charge in [0.25, 0.3) is 5.91 Å². The van der Waals surface area contributed by atoms with Gasteiger partial charge in [-0.15, -0.1) is 0 Å². The number of fused-ring (bicyclic) bond motifs is 1. The van der Waals surface area contributed by atoms with Crippen LogP contribution in [0.4, 0.5) is 0 Å². The first-order valence-electron chi connectivity index (χ1n) is 6.84. The first-order chi connectivity index (χ1) is 10.1. The van der Waals surface area contributed by atoms with Crippen molar-refractivity contribution < 1.29 is 14.7 Å². The minimum Gasteiger partial charge on any atom is -0.394 e. The van der Waals surface area contributed by atoms with Gasteiger partial charge in [0.15, 0.2) is 0 Å². The van der Waals surface area contributed by atoms with Crippen LogP contribution in [0.25, 0.3) is 10.9 Å². The second kappa shape index (κ2) is 6.41. The normalized spacial score (nSPS) is 12.1. The van der Waals surface area contributed by atoms with Crippen LogP contribution in [0.1, 0.15) is 17.4 Å². The Bertz CT molecular complexity index is 663. The van der Waals surface area contributed by atoms with Gasteiger partial charge >= 0.3 is 0 Å². The Kier molecular flexibility index (Phi) is 4.59. The van der Waals surface area contributed by atoms with E-state index in [1.54, 1.807) is 6.07 Å². The van der Waals surface area contributed by atoms with E-state index in [1.807, 2.05) is 35.8 Å². The van der Waals surface area contributed by atoms with Gasteiger partial charge in [-0.2, -0.15) is 0 Å². The van der Waals surface area contributed by atoms with Crippen LogP contribution in [-0.2, 0) is 11.3 Å². The van der Waals surface area contributed by atoms with Crippen LogP contribution in [0.3, 0.4) is 0 Å². The van der Waals surface area contributed by atoms with Gasteiger partial charge in [-0.3, -0.25) is 9.59 Å². The number of amides is 2. The summed E-state index contributed by atoms with van der Waals surface area (Å²) in [5.41, 5.74) is 1.44. The maximum Gasteiger partial charge on any atom is 0.268 e. The molecule has 0 aliphatic heterocycles. The molecule has 0 aliphatic rings. The fraction of sp³-hybridized carbons (Fsp3) is 0.333. The lowest BCUT2D eigenvalue weighted by atomic mass is 10.2. The summed E-state index contributed by atoms with van der Waals surface area (Å²) < 4.78 is 1.88. The molecule has 1 aromatic carbocycles. The summed E-state index contributed by atoms with van der Waals surface area (Å²) in [6.07, 6.45) is 0. The molecule has 0 bridgehead atoms. The van der Waals surface area contributed by atoms with Gasteiger partial charge in [-0.25, -0.2) is 0 Å². The smallest absolute Gasteiger partial charge is 0.268 e. The van der Waals surface area contributed by atoms with E-state index in [9.17, 15) is 14.7 Å². The summed E-state index contributed by atoms with van der Waals surface area (Å²) in [7, 11) is 1.46. The molecule has 6 heteroatoms. The van der Waals surface area contributed by atoms with Crippen LogP contribution in [0.5, 0.6) is 0 Å². The van der Waals surface area contributed by atoms with E-state index in [-0.39, 0.29) is 5.91 Å². The molecule has 2 amide bonds. The Hall–Kier alpha value is -2.34. The SMILES string of the molecule is CCn1c(C(=O)N[C@@H](CO)C(=O)NC)cc2ccccc21. The molecule has 3 N–H and O–H groups in total. The second-order valence-corrected chi connectivity index (χ2v) is 4.66. The molecule has 0 unspecified atom stereocenters. The molecule has 1 aromatic heterocycles. The summed E-state index contributed by atoms with van der Waals surface area (Å²) in [5, 5.41) is 15.1. The quantitative estimate of drug-likeness (QED) is 0.749. The molecule has 6 nitrogen and oxygen atoms in total. The average molecular weight is 289 g/mol. The number of hydrogen-bond acceptors (Lipinski definition) is 3. The zero-order chi connectivity index (χ0) is 15.4. The van der Waals surface area contributed by atoms with Gasteiger partial charge in [0.2, 0.25) is 5.91 Å². The van der Waals surface area contributed by atoms with E-state index in [0.717, 1.165) is 10.9 Å². The number of rotatable bonds is 5. The van der Waals surface area contributed by atoms with Gasteiger partial charge in [0, 0.05) is 24.5 Å². The lowest BCUT2D eigenvalue weighted by Gasteiger charge is -2.15. The molecular weight excluding hydrogens is 270 g/mol. The largest absolute Gasteiger partial charge is 0.394 e. The van der Waals surface area contributed by atoms with Gasteiger partial charge in [0.1, 0.15) is 11.7 Å². The highest BCUT2D eigenvalue weighted by Crippen LogP contribution is 2.19. The average Bonchev–Trinajstić information content (AvgIpc) is 2.90. The molecule has 0 fully saturated rings. The van der Waals surface area contributed by atoms with Crippen LogP contribution in [0, 0.1) is 0 Å². The molecule has 2 aromatic rings. The summed E-state index contributed by atoms with van der Waals surface area (Å²) in [6.45, 7) is 2.14. The number of hydrogen-bond donors (Lipinski definition) is 3. The minimum absolute atomic E-state index is 0.379. The van der Waals surface area contributed by atoms with Crippen molar-refractivity contribution in [3.8, 4) is 0 Å². The van der Waals surface area contributed by atoms with E-state index >= 15 is 0 Å². The highest BCUT2D eigenvalue weighted by atomic mass is 16.3. The lowest BCUT2D eigenvalue weighted by Crippen LogP contribution is -2.48. The van der Waals surface area contributed by atoms with Gasteiger partial charge in [-0.1, -0.05) is 18.2 Å². The predicted molar refractivity (Wildman–Crippen MR) is 80.0 cm³/mol.